The summed E-state index contributed by atoms with van der Waals surface area (Å²) in [5.74, 6) is 0.324. The summed E-state index contributed by atoms with van der Waals surface area (Å²) in [5.41, 5.74) is 2.43. The molecule has 2 rings (SSSR count). The fraction of sp³-hybridized carbons (Fsp3) is 0.385. The number of aromatic hydroxyl groups is 1. The van der Waals surface area contributed by atoms with Crippen molar-refractivity contribution >= 4 is 10.9 Å². The second-order valence-corrected chi connectivity index (χ2v) is 4.37. The first-order valence-electron chi connectivity index (χ1n) is 5.61. The fourth-order valence-corrected chi connectivity index (χ4v) is 2.21. The number of phenols is 1. The Morgan fingerprint density at radius 1 is 1.31 bits per heavy atom. The van der Waals surface area contributed by atoms with Gasteiger partial charge in [-0.15, -0.1) is 0 Å². The van der Waals surface area contributed by atoms with Gasteiger partial charge in [0.1, 0.15) is 5.75 Å². The number of hydrogen-bond acceptors (Lipinski definition) is 2. The first-order valence-corrected chi connectivity index (χ1v) is 5.61. The highest BCUT2D eigenvalue weighted by molar-refractivity contribution is 5.83. The van der Waals surface area contributed by atoms with Gasteiger partial charge in [-0.05, 0) is 45.2 Å². The fourth-order valence-electron chi connectivity index (χ4n) is 2.21. The first kappa shape index (κ1) is 11.0. The Morgan fingerprint density at radius 2 is 2.06 bits per heavy atom. The SMILES string of the molecule is CNCc1cc2cc(O)ccc2n1C(C)C. The van der Waals surface area contributed by atoms with E-state index in [1.54, 1.807) is 6.07 Å². The van der Waals surface area contributed by atoms with Gasteiger partial charge in [-0.25, -0.2) is 0 Å². The topological polar surface area (TPSA) is 37.2 Å². The average Bonchev–Trinajstić information content (AvgIpc) is 2.55. The van der Waals surface area contributed by atoms with Crippen LogP contribution in [0.1, 0.15) is 25.6 Å². The molecule has 16 heavy (non-hydrogen) atoms. The molecule has 3 nitrogen and oxygen atoms in total. The summed E-state index contributed by atoms with van der Waals surface area (Å²) in [6.45, 7) is 5.19. The van der Waals surface area contributed by atoms with Gasteiger partial charge in [0.2, 0.25) is 0 Å². The van der Waals surface area contributed by atoms with Gasteiger partial charge in [-0.3, -0.25) is 0 Å². The van der Waals surface area contributed by atoms with Gasteiger partial charge in [0, 0.05) is 29.2 Å². The van der Waals surface area contributed by atoms with Crippen molar-refractivity contribution in [3.63, 3.8) is 0 Å². The number of fused-ring (bicyclic) bond motifs is 1. The summed E-state index contributed by atoms with van der Waals surface area (Å²) in [4.78, 5) is 0. The Bertz CT molecular complexity index is 500. The molecule has 3 heteroatoms. The Hall–Kier alpha value is -1.48. The van der Waals surface area contributed by atoms with Crippen molar-refractivity contribution < 1.29 is 5.11 Å². The maximum atomic E-state index is 9.47. The Kier molecular flexibility index (Phi) is 2.88. The highest BCUT2D eigenvalue weighted by atomic mass is 16.3. The number of aromatic nitrogens is 1. The molecule has 2 aromatic rings. The molecule has 0 aliphatic rings. The van der Waals surface area contributed by atoms with Crippen molar-refractivity contribution in [2.45, 2.75) is 26.4 Å². The van der Waals surface area contributed by atoms with Crippen LogP contribution in [0.25, 0.3) is 10.9 Å². The summed E-state index contributed by atoms with van der Waals surface area (Å²) in [5, 5.41) is 13.7. The van der Waals surface area contributed by atoms with E-state index < -0.39 is 0 Å². The third-order valence-electron chi connectivity index (χ3n) is 2.78. The molecular formula is C13H18N2O. The van der Waals surface area contributed by atoms with Gasteiger partial charge in [-0.1, -0.05) is 0 Å². The van der Waals surface area contributed by atoms with Crippen molar-refractivity contribution in [3.8, 4) is 5.75 Å². The van der Waals surface area contributed by atoms with Gasteiger partial charge < -0.3 is 15.0 Å². The predicted octanol–water partition coefficient (Wildman–Crippen LogP) is 2.65. The van der Waals surface area contributed by atoms with Crippen molar-refractivity contribution in [2.75, 3.05) is 7.05 Å². The zero-order chi connectivity index (χ0) is 11.7. The summed E-state index contributed by atoms with van der Waals surface area (Å²) >= 11 is 0. The van der Waals surface area contributed by atoms with E-state index in [-0.39, 0.29) is 0 Å². The molecule has 0 radical (unpaired) electrons. The molecule has 0 fully saturated rings. The smallest absolute Gasteiger partial charge is 0.116 e. The van der Waals surface area contributed by atoms with Crippen LogP contribution in [-0.2, 0) is 6.54 Å². The van der Waals surface area contributed by atoms with Gasteiger partial charge in [-0.2, -0.15) is 0 Å². The molecule has 1 aromatic carbocycles. The summed E-state index contributed by atoms with van der Waals surface area (Å²) in [7, 11) is 1.94. The number of phenolic OH excluding ortho intramolecular Hbond substituents is 1. The van der Waals surface area contributed by atoms with E-state index >= 15 is 0 Å². The van der Waals surface area contributed by atoms with E-state index in [0.717, 1.165) is 11.9 Å². The van der Waals surface area contributed by atoms with Crippen molar-refractivity contribution in [1.82, 2.24) is 9.88 Å². The third-order valence-corrected chi connectivity index (χ3v) is 2.78. The molecule has 1 aromatic heterocycles. The van der Waals surface area contributed by atoms with Gasteiger partial charge in [0.05, 0.1) is 0 Å². The second kappa shape index (κ2) is 4.18. The zero-order valence-electron chi connectivity index (χ0n) is 9.99. The molecule has 1 heterocycles. The van der Waals surface area contributed by atoms with Gasteiger partial charge in [0.15, 0.2) is 0 Å². The number of hydrogen-bond donors (Lipinski definition) is 2. The largest absolute Gasteiger partial charge is 0.508 e. The lowest BCUT2D eigenvalue weighted by molar-refractivity contribution is 0.476. The lowest BCUT2D eigenvalue weighted by Crippen LogP contribution is -2.12. The van der Waals surface area contributed by atoms with Gasteiger partial charge in [0.25, 0.3) is 0 Å². The predicted molar refractivity (Wildman–Crippen MR) is 66.8 cm³/mol. The first-order chi connectivity index (χ1) is 7.63. The quantitative estimate of drug-likeness (QED) is 0.831. The van der Waals surface area contributed by atoms with E-state index in [9.17, 15) is 5.11 Å². The van der Waals surface area contributed by atoms with Crippen LogP contribution in [0.2, 0.25) is 0 Å². The molecule has 0 aliphatic heterocycles. The van der Waals surface area contributed by atoms with Crippen LogP contribution in [0.3, 0.4) is 0 Å². The number of rotatable bonds is 3. The van der Waals surface area contributed by atoms with Crippen LogP contribution in [-0.4, -0.2) is 16.7 Å². The lowest BCUT2D eigenvalue weighted by Gasteiger charge is -2.14. The number of benzene rings is 1. The minimum atomic E-state index is 0.324. The van der Waals surface area contributed by atoms with Crippen LogP contribution in [0, 0.1) is 0 Å². The molecule has 0 atom stereocenters. The Labute approximate surface area is 95.7 Å². The molecule has 0 aliphatic carbocycles. The van der Waals surface area contributed by atoms with Crippen LogP contribution < -0.4 is 5.32 Å². The van der Waals surface area contributed by atoms with Crippen LogP contribution in [0.4, 0.5) is 0 Å². The summed E-state index contributed by atoms with van der Waals surface area (Å²) in [6, 6.07) is 8.08. The third kappa shape index (κ3) is 1.78. The van der Waals surface area contributed by atoms with Crippen LogP contribution >= 0.6 is 0 Å². The maximum absolute atomic E-state index is 9.47. The van der Waals surface area contributed by atoms with E-state index in [4.69, 9.17) is 0 Å². The van der Waals surface area contributed by atoms with Crippen LogP contribution in [0.15, 0.2) is 24.3 Å². The highest BCUT2D eigenvalue weighted by Gasteiger charge is 2.10. The van der Waals surface area contributed by atoms with Crippen molar-refractivity contribution in [2.24, 2.45) is 0 Å². The maximum Gasteiger partial charge on any atom is 0.116 e. The normalized spacial score (nSPS) is 11.5. The van der Waals surface area contributed by atoms with Gasteiger partial charge >= 0.3 is 0 Å². The lowest BCUT2D eigenvalue weighted by atomic mass is 10.2. The molecule has 2 N–H and O–H groups in total. The summed E-state index contributed by atoms with van der Waals surface area (Å²) in [6.07, 6.45) is 0. The average molecular weight is 218 g/mol. The second-order valence-electron chi connectivity index (χ2n) is 4.37. The highest BCUT2D eigenvalue weighted by Crippen LogP contribution is 2.27. The molecule has 0 unspecified atom stereocenters. The molecule has 0 bridgehead atoms. The minimum Gasteiger partial charge on any atom is -0.508 e. The molecule has 0 saturated carbocycles. The summed E-state index contributed by atoms with van der Waals surface area (Å²) < 4.78 is 2.30. The van der Waals surface area contributed by atoms with Crippen molar-refractivity contribution in [3.05, 3.63) is 30.0 Å². The molecule has 0 amide bonds. The number of nitrogens with one attached hydrogen (secondary N) is 1. The molecular weight excluding hydrogens is 200 g/mol. The van der Waals surface area contributed by atoms with E-state index in [2.05, 4.69) is 29.8 Å². The Balaban J connectivity index is 2.65. The molecule has 86 valence electrons. The Morgan fingerprint density at radius 3 is 2.69 bits per heavy atom. The van der Waals surface area contributed by atoms with E-state index in [1.807, 2.05) is 19.2 Å². The van der Waals surface area contributed by atoms with Crippen LogP contribution in [0.5, 0.6) is 5.75 Å². The number of nitrogens with zero attached hydrogens (tertiary/aromatic N) is 1. The van der Waals surface area contributed by atoms with Crippen molar-refractivity contribution in [1.29, 1.82) is 0 Å². The monoisotopic (exact) mass is 218 g/mol. The molecule has 0 spiro atoms. The standard InChI is InChI=1S/C13H18N2O/c1-9(2)15-11(8-14-3)6-10-7-12(16)4-5-13(10)15/h4-7,9,14,16H,8H2,1-3H3. The van der Waals surface area contributed by atoms with E-state index in [1.165, 1.54) is 11.2 Å². The minimum absolute atomic E-state index is 0.324. The van der Waals surface area contributed by atoms with E-state index in [0.29, 0.717) is 11.8 Å². The molecule has 0 saturated heterocycles. The zero-order valence-corrected chi connectivity index (χ0v) is 9.99.